The van der Waals surface area contributed by atoms with Crippen LogP contribution < -0.4 is 10.6 Å². The van der Waals surface area contributed by atoms with Gasteiger partial charge in [0.05, 0.1) is 12.7 Å². The average Bonchev–Trinajstić information content (AvgIpc) is 3.29. The molecule has 1 amide bonds. The number of nitrogens with one attached hydrogen (secondary N) is 2. The van der Waals surface area contributed by atoms with Crippen LogP contribution in [-0.2, 0) is 16.0 Å². The Kier molecular flexibility index (Phi) is 8.77. The molecule has 7 heteroatoms. The lowest BCUT2D eigenvalue weighted by Gasteiger charge is -2.26. The maximum absolute atomic E-state index is 12.7. The molecule has 7 nitrogen and oxygen atoms in total. The number of nitrogens with zero attached hydrogens (tertiary/aromatic N) is 2. The second-order valence-corrected chi connectivity index (χ2v) is 7.62. The summed E-state index contributed by atoms with van der Waals surface area (Å²) in [6.07, 6.45) is 5.60. The molecular weight excluding hydrogens is 368 g/mol. The van der Waals surface area contributed by atoms with Crippen LogP contribution in [0.4, 0.5) is 0 Å². The highest BCUT2D eigenvalue weighted by Crippen LogP contribution is 2.14. The highest BCUT2D eigenvalue weighted by Gasteiger charge is 2.18. The summed E-state index contributed by atoms with van der Waals surface area (Å²) in [5, 5.41) is 6.62. The molecule has 29 heavy (non-hydrogen) atoms. The lowest BCUT2D eigenvalue weighted by molar-refractivity contribution is 0.0420. The Morgan fingerprint density at radius 1 is 1.28 bits per heavy atom. The predicted octanol–water partition coefficient (Wildman–Crippen LogP) is 2.17. The molecule has 1 aromatic carbocycles. The zero-order valence-corrected chi connectivity index (χ0v) is 17.5. The SMILES string of the molecule is CN=C(NCCCOC1CCOC1)NCc1cccc(C(=O)N2CCCCC2)c1. The summed E-state index contributed by atoms with van der Waals surface area (Å²) in [5.74, 6) is 0.892. The minimum absolute atomic E-state index is 0.140. The topological polar surface area (TPSA) is 75.2 Å². The number of likely N-dealkylation sites (tertiary alicyclic amines) is 1. The van der Waals surface area contributed by atoms with Crippen LogP contribution >= 0.6 is 0 Å². The van der Waals surface area contributed by atoms with Crippen LogP contribution in [0.15, 0.2) is 29.3 Å². The van der Waals surface area contributed by atoms with Crippen molar-refractivity contribution in [2.45, 2.75) is 44.8 Å². The van der Waals surface area contributed by atoms with Crippen molar-refractivity contribution in [3.8, 4) is 0 Å². The molecule has 3 rings (SSSR count). The van der Waals surface area contributed by atoms with Gasteiger partial charge in [-0.15, -0.1) is 0 Å². The molecule has 2 saturated heterocycles. The van der Waals surface area contributed by atoms with Crippen LogP contribution in [0.3, 0.4) is 0 Å². The molecule has 1 atom stereocenters. The zero-order chi connectivity index (χ0) is 20.3. The number of hydrogen-bond donors (Lipinski definition) is 2. The van der Waals surface area contributed by atoms with Crippen molar-refractivity contribution in [3.63, 3.8) is 0 Å². The quantitative estimate of drug-likeness (QED) is 0.396. The summed E-state index contributed by atoms with van der Waals surface area (Å²) in [5.41, 5.74) is 1.84. The number of aliphatic imine (C=N–C) groups is 1. The third-order valence-electron chi connectivity index (χ3n) is 5.36. The highest BCUT2D eigenvalue weighted by molar-refractivity contribution is 5.94. The molecule has 2 heterocycles. The number of amides is 1. The number of rotatable bonds is 8. The van der Waals surface area contributed by atoms with Gasteiger partial charge in [0.1, 0.15) is 0 Å². The first-order valence-corrected chi connectivity index (χ1v) is 10.8. The van der Waals surface area contributed by atoms with E-state index in [0.717, 1.165) is 82.2 Å². The summed E-state index contributed by atoms with van der Waals surface area (Å²) >= 11 is 0. The van der Waals surface area contributed by atoms with Gasteiger partial charge >= 0.3 is 0 Å². The number of guanidine groups is 1. The normalized spacial score (nSPS) is 20.0. The third-order valence-corrected chi connectivity index (χ3v) is 5.36. The highest BCUT2D eigenvalue weighted by atomic mass is 16.5. The van der Waals surface area contributed by atoms with Crippen LogP contribution in [0, 0.1) is 0 Å². The first-order chi connectivity index (χ1) is 14.3. The Morgan fingerprint density at radius 3 is 2.90 bits per heavy atom. The van der Waals surface area contributed by atoms with Gasteiger partial charge < -0.3 is 25.0 Å². The maximum atomic E-state index is 12.7. The van der Waals surface area contributed by atoms with E-state index in [1.807, 2.05) is 29.2 Å². The number of piperidine rings is 1. The summed E-state index contributed by atoms with van der Waals surface area (Å²) in [6.45, 7) is 5.40. The van der Waals surface area contributed by atoms with Gasteiger partial charge in [-0.05, 0) is 49.8 Å². The Hall–Kier alpha value is -2.12. The minimum Gasteiger partial charge on any atom is -0.379 e. The molecule has 0 aliphatic carbocycles. The van der Waals surface area contributed by atoms with E-state index < -0.39 is 0 Å². The van der Waals surface area contributed by atoms with Crippen molar-refractivity contribution in [1.29, 1.82) is 0 Å². The molecule has 160 valence electrons. The molecule has 0 radical (unpaired) electrons. The van der Waals surface area contributed by atoms with Gasteiger partial charge in [0.15, 0.2) is 5.96 Å². The van der Waals surface area contributed by atoms with E-state index in [4.69, 9.17) is 9.47 Å². The third kappa shape index (κ3) is 7.01. The molecule has 0 bridgehead atoms. The molecule has 0 spiro atoms. The second-order valence-electron chi connectivity index (χ2n) is 7.62. The van der Waals surface area contributed by atoms with Crippen molar-refractivity contribution in [2.24, 2.45) is 4.99 Å². The maximum Gasteiger partial charge on any atom is 0.253 e. The number of benzene rings is 1. The summed E-state index contributed by atoms with van der Waals surface area (Å²) < 4.78 is 11.1. The van der Waals surface area contributed by atoms with E-state index in [9.17, 15) is 4.79 Å². The van der Waals surface area contributed by atoms with Gasteiger partial charge in [-0.3, -0.25) is 9.79 Å². The molecular formula is C22H34N4O3. The van der Waals surface area contributed by atoms with Gasteiger partial charge in [0.25, 0.3) is 5.91 Å². The standard InChI is InChI=1S/C22H34N4O3/c1-23-22(24-10-6-13-29-20-9-14-28-17-20)25-16-18-7-5-8-19(15-18)21(27)26-11-3-2-4-12-26/h5,7-8,15,20H,2-4,6,9-14,16-17H2,1H3,(H2,23,24,25). The van der Waals surface area contributed by atoms with Crippen molar-refractivity contribution in [1.82, 2.24) is 15.5 Å². The number of ether oxygens (including phenoxy) is 2. The fourth-order valence-electron chi connectivity index (χ4n) is 3.67. The Morgan fingerprint density at radius 2 is 2.14 bits per heavy atom. The lowest BCUT2D eigenvalue weighted by Crippen LogP contribution is -2.38. The zero-order valence-electron chi connectivity index (χ0n) is 17.5. The van der Waals surface area contributed by atoms with E-state index in [0.29, 0.717) is 6.54 Å². The molecule has 1 aromatic rings. The van der Waals surface area contributed by atoms with Crippen LogP contribution in [0.1, 0.15) is 48.0 Å². The average molecular weight is 403 g/mol. The number of carbonyl (C=O) groups excluding carboxylic acids is 1. The summed E-state index contributed by atoms with van der Waals surface area (Å²) in [4.78, 5) is 18.9. The largest absolute Gasteiger partial charge is 0.379 e. The molecule has 2 aliphatic heterocycles. The van der Waals surface area contributed by atoms with E-state index in [2.05, 4.69) is 15.6 Å². The monoisotopic (exact) mass is 402 g/mol. The Labute approximate surface area is 173 Å². The van der Waals surface area contributed by atoms with Crippen LogP contribution in [0.25, 0.3) is 0 Å². The molecule has 0 saturated carbocycles. The minimum atomic E-state index is 0.140. The fraction of sp³-hybridized carbons (Fsp3) is 0.636. The van der Waals surface area contributed by atoms with E-state index in [1.54, 1.807) is 7.05 Å². The van der Waals surface area contributed by atoms with Crippen LogP contribution in [-0.4, -0.2) is 69.4 Å². The van der Waals surface area contributed by atoms with E-state index in [-0.39, 0.29) is 12.0 Å². The molecule has 0 aromatic heterocycles. The molecule has 2 fully saturated rings. The second kappa shape index (κ2) is 11.8. The summed E-state index contributed by atoms with van der Waals surface area (Å²) in [6, 6.07) is 7.87. The Balaban J connectivity index is 1.39. The lowest BCUT2D eigenvalue weighted by atomic mass is 10.1. The summed E-state index contributed by atoms with van der Waals surface area (Å²) in [7, 11) is 1.76. The van der Waals surface area contributed by atoms with Gasteiger partial charge in [-0.1, -0.05) is 12.1 Å². The first-order valence-electron chi connectivity index (χ1n) is 10.8. The van der Waals surface area contributed by atoms with Crippen LogP contribution in [0.5, 0.6) is 0 Å². The van der Waals surface area contributed by atoms with Crippen molar-refractivity contribution in [3.05, 3.63) is 35.4 Å². The number of hydrogen-bond acceptors (Lipinski definition) is 4. The molecule has 1 unspecified atom stereocenters. The van der Waals surface area contributed by atoms with E-state index in [1.165, 1.54) is 6.42 Å². The van der Waals surface area contributed by atoms with Gasteiger partial charge in [-0.25, -0.2) is 0 Å². The number of carbonyl (C=O) groups is 1. The van der Waals surface area contributed by atoms with Crippen LogP contribution in [0.2, 0.25) is 0 Å². The van der Waals surface area contributed by atoms with Gasteiger partial charge in [0, 0.05) is 52.0 Å². The van der Waals surface area contributed by atoms with Gasteiger partial charge in [0.2, 0.25) is 0 Å². The molecule has 2 N–H and O–H groups in total. The smallest absolute Gasteiger partial charge is 0.253 e. The molecule has 2 aliphatic rings. The Bertz CT molecular complexity index is 668. The van der Waals surface area contributed by atoms with Crippen molar-refractivity contribution >= 4 is 11.9 Å². The van der Waals surface area contributed by atoms with E-state index >= 15 is 0 Å². The fourth-order valence-corrected chi connectivity index (χ4v) is 3.67. The predicted molar refractivity (Wildman–Crippen MR) is 114 cm³/mol. The first kappa shape index (κ1) is 21.6. The van der Waals surface area contributed by atoms with Crippen molar-refractivity contribution < 1.29 is 14.3 Å². The van der Waals surface area contributed by atoms with Gasteiger partial charge in [-0.2, -0.15) is 0 Å². The van der Waals surface area contributed by atoms with Crippen molar-refractivity contribution in [2.75, 3.05) is 46.5 Å².